The summed E-state index contributed by atoms with van der Waals surface area (Å²) in [6.45, 7) is 4.97. The first-order valence-electron chi connectivity index (χ1n) is 18.6. The van der Waals surface area contributed by atoms with Gasteiger partial charge in [0.25, 0.3) is 5.91 Å². The monoisotopic (exact) mass is 781 g/mol. The number of alkyl carbamates (subject to hydrolysis) is 1. The quantitative estimate of drug-likeness (QED) is 0.363. The average Bonchev–Trinajstić information content (AvgIpc) is 3.40. The third-order valence-electron chi connectivity index (χ3n) is 10.2. The van der Waals surface area contributed by atoms with Crippen LogP contribution in [-0.2, 0) is 52.7 Å². The Hall–Kier alpha value is -4.99. The highest BCUT2D eigenvalue weighted by Crippen LogP contribution is 2.46. The number of benzene rings is 2. The summed E-state index contributed by atoms with van der Waals surface area (Å²) in [5.74, 6) is -3.68. The van der Waals surface area contributed by atoms with Gasteiger partial charge in [-0.05, 0) is 63.6 Å². The molecule has 2 fully saturated rings. The number of halogens is 1. The van der Waals surface area contributed by atoms with Crippen LogP contribution in [-0.4, -0.2) is 84.0 Å². The molecule has 0 spiro atoms. The molecule has 0 radical (unpaired) electrons. The standard InChI is InChI=1S/C39H48FN5O9S/c1-38(2,3)54-36(49)41-31-18-11-6-4-5-10-16-27-20-39(27,35(48)43-55(51,52)24-25-13-8-7-9-14-25)42-33(46)32-19-28(22-45(32)34(31)47)53-37(50)44-21-26-15-12-17-30(40)29(26)23-44/h7-10,12-17,27-28,31-32H,4-6,11,18-24H2,1-3H3,(H,41,49)(H,42,46)(H,43,48)/b16-10-/t27?,28-,31+,32+,39-/m1/s1. The van der Waals surface area contributed by atoms with E-state index in [0.29, 0.717) is 36.0 Å². The summed E-state index contributed by atoms with van der Waals surface area (Å²) in [4.78, 5) is 71.4. The molecule has 4 aliphatic rings. The lowest BCUT2D eigenvalue weighted by Gasteiger charge is -2.30. The van der Waals surface area contributed by atoms with E-state index in [0.717, 1.165) is 6.42 Å². The van der Waals surface area contributed by atoms with Gasteiger partial charge in [-0.2, -0.15) is 0 Å². The van der Waals surface area contributed by atoms with E-state index in [-0.39, 0.29) is 38.9 Å². The van der Waals surface area contributed by atoms with Gasteiger partial charge < -0.3 is 25.0 Å². The Morgan fingerprint density at radius 3 is 2.51 bits per heavy atom. The number of fused-ring (bicyclic) bond motifs is 3. The Morgan fingerprint density at radius 2 is 1.78 bits per heavy atom. The molecule has 5 atom stereocenters. The molecule has 1 saturated carbocycles. The Morgan fingerprint density at radius 1 is 1.02 bits per heavy atom. The van der Waals surface area contributed by atoms with Crippen molar-refractivity contribution in [2.75, 3.05) is 6.54 Å². The molecule has 2 aromatic carbocycles. The SMILES string of the molecule is CC(C)(C)OC(=O)N[C@H]1CCCCC/C=C\C2C[C@@]2(C(=O)NS(=O)(=O)Cc2ccccc2)NC(=O)[C@@H]2C[C@@H](OC(=O)N3Cc4cccc(F)c4C3)CN2C1=O. The van der Waals surface area contributed by atoms with Crippen molar-refractivity contribution in [3.8, 4) is 0 Å². The minimum absolute atomic E-state index is 0.0122. The topological polar surface area (TPSA) is 181 Å². The first kappa shape index (κ1) is 39.7. The molecule has 16 heteroatoms. The van der Waals surface area contributed by atoms with Gasteiger partial charge in [0.1, 0.15) is 35.1 Å². The molecule has 3 heterocycles. The molecule has 1 saturated heterocycles. The predicted molar refractivity (Wildman–Crippen MR) is 198 cm³/mol. The number of rotatable bonds is 6. The zero-order valence-electron chi connectivity index (χ0n) is 31.2. The summed E-state index contributed by atoms with van der Waals surface area (Å²) in [5.41, 5.74) is -0.982. The van der Waals surface area contributed by atoms with E-state index in [4.69, 9.17) is 9.47 Å². The van der Waals surface area contributed by atoms with Crippen LogP contribution in [0, 0.1) is 11.7 Å². The fourth-order valence-corrected chi connectivity index (χ4v) is 8.57. The van der Waals surface area contributed by atoms with Gasteiger partial charge >= 0.3 is 12.2 Å². The summed E-state index contributed by atoms with van der Waals surface area (Å²) in [6.07, 6.45) is 4.00. The molecule has 2 aromatic rings. The molecular weight excluding hydrogens is 734 g/mol. The van der Waals surface area contributed by atoms with E-state index in [1.165, 1.54) is 15.9 Å². The van der Waals surface area contributed by atoms with Gasteiger partial charge in [-0.3, -0.25) is 24.0 Å². The summed E-state index contributed by atoms with van der Waals surface area (Å²) >= 11 is 0. The maximum atomic E-state index is 14.5. The van der Waals surface area contributed by atoms with Crippen LogP contribution in [0.2, 0.25) is 0 Å². The number of hydrogen-bond donors (Lipinski definition) is 3. The number of carbonyl (C=O) groups is 5. The number of allylic oxidation sites excluding steroid dienone is 1. The zero-order chi connectivity index (χ0) is 39.5. The van der Waals surface area contributed by atoms with Crippen LogP contribution in [0.1, 0.15) is 82.4 Å². The fraction of sp³-hybridized carbons (Fsp3) is 0.513. The number of ether oxygens (including phenoxy) is 2. The smallest absolute Gasteiger partial charge is 0.410 e. The van der Waals surface area contributed by atoms with Crippen molar-refractivity contribution >= 4 is 39.9 Å². The molecule has 55 heavy (non-hydrogen) atoms. The van der Waals surface area contributed by atoms with E-state index in [1.807, 2.05) is 6.08 Å². The largest absolute Gasteiger partial charge is 0.444 e. The van der Waals surface area contributed by atoms with Crippen LogP contribution in [0.4, 0.5) is 14.0 Å². The van der Waals surface area contributed by atoms with Crippen LogP contribution in [0.5, 0.6) is 0 Å². The van der Waals surface area contributed by atoms with Gasteiger partial charge in [-0.25, -0.2) is 22.4 Å². The number of nitrogens with zero attached hydrogens (tertiary/aromatic N) is 2. The molecular formula is C39H48FN5O9S. The van der Waals surface area contributed by atoms with Gasteiger partial charge in [0.05, 0.1) is 18.8 Å². The van der Waals surface area contributed by atoms with Crippen LogP contribution >= 0.6 is 0 Å². The van der Waals surface area contributed by atoms with E-state index in [1.54, 1.807) is 69.3 Å². The van der Waals surface area contributed by atoms with Crippen molar-refractivity contribution in [1.82, 2.24) is 25.2 Å². The number of nitrogens with one attached hydrogen (secondary N) is 3. The molecule has 0 bridgehead atoms. The van der Waals surface area contributed by atoms with Crippen molar-refractivity contribution in [3.05, 3.63) is 83.2 Å². The second-order valence-electron chi connectivity index (χ2n) is 15.7. The van der Waals surface area contributed by atoms with Crippen LogP contribution < -0.4 is 15.4 Å². The van der Waals surface area contributed by atoms with Crippen LogP contribution in [0.15, 0.2) is 60.7 Å². The lowest BCUT2D eigenvalue weighted by molar-refractivity contribution is -0.141. The summed E-state index contributed by atoms with van der Waals surface area (Å²) in [6, 6.07) is 10.6. The highest BCUT2D eigenvalue weighted by atomic mass is 32.2. The fourth-order valence-electron chi connectivity index (χ4n) is 7.40. The summed E-state index contributed by atoms with van der Waals surface area (Å²) < 4.78 is 54.2. The minimum atomic E-state index is -4.17. The van der Waals surface area contributed by atoms with Crippen molar-refractivity contribution in [3.63, 3.8) is 0 Å². The van der Waals surface area contributed by atoms with Gasteiger partial charge in [0.2, 0.25) is 21.8 Å². The minimum Gasteiger partial charge on any atom is -0.444 e. The molecule has 1 unspecified atom stereocenters. The number of amides is 5. The summed E-state index contributed by atoms with van der Waals surface area (Å²) in [7, 11) is -4.17. The molecule has 296 valence electrons. The van der Waals surface area contributed by atoms with Crippen molar-refractivity contribution in [1.29, 1.82) is 0 Å². The Kier molecular flexibility index (Phi) is 11.6. The third kappa shape index (κ3) is 9.64. The first-order valence-corrected chi connectivity index (χ1v) is 20.3. The lowest BCUT2D eigenvalue weighted by Crippen LogP contribution is -2.58. The summed E-state index contributed by atoms with van der Waals surface area (Å²) in [5, 5.41) is 5.45. The predicted octanol–water partition coefficient (Wildman–Crippen LogP) is 4.18. The average molecular weight is 782 g/mol. The van der Waals surface area contributed by atoms with Gasteiger partial charge in [-0.1, -0.05) is 67.5 Å². The normalized spacial score (nSPS) is 26.3. The van der Waals surface area contributed by atoms with Crippen molar-refractivity contribution in [2.24, 2.45) is 5.92 Å². The van der Waals surface area contributed by atoms with Gasteiger partial charge in [0, 0.05) is 24.4 Å². The number of hydrogen-bond acceptors (Lipinski definition) is 9. The first-order chi connectivity index (χ1) is 26.0. The van der Waals surface area contributed by atoms with E-state index in [2.05, 4.69) is 15.4 Å². The maximum Gasteiger partial charge on any atom is 0.410 e. The molecule has 5 amide bonds. The number of sulfonamides is 1. The third-order valence-corrected chi connectivity index (χ3v) is 11.4. The van der Waals surface area contributed by atoms with E-state index in [9.17, 15) is 36.8 Å². The van der Waals surface area contributed by atoms with E-state index < -0.39 is 86.7 Å². The van der Waals surface area contributed by atoms with E-state index >= 15 is 0 Å². The second-order valence-corrected chi connectivity index (χ2v) is 17.4. The van der Waals surface area contributed by atoms with Crippen molar-refractivity contribution < 1.29 is 46.3 Å². The highest BCUT2D eigenvalue weighted by molar-refractivity contribution is 7.89. The molecule has 3 aliphatic heterocycles. The molecule has 0 aromatic heterocycles. The number of carbonyl (C=O) groups excluding carboxylic acids is 5. The molecule has 6 rings (SSSR count). The lowest BCUT2D eigenvalue weighted by atomic mass is 10.0. The Labute approximate surface area is 320 Å². The van der Waals surface area contributed by atoms with Gasteiger partial charge in [0.15, 0.2) is 0 Å². The van der Waals surface area contributed by atoms with Crippen molar-refractivity contribution in [2.45, 2.75) is 114 Å². The van der Waals surface area contributed by atoms with Crippen LogP contribution in [0.25, 0.3) is 0 Å². The Bertz CT molecular complexity index is 1950. The molecule has 14 nitrogen and oxygen atoms in total. The maximum absolute atomic E-state index is 14.5. The van der Waals surface area contributed by atoms with Crippen LogP contribution in [0.3, 0.4) is 0 Å². The second kappa shape index (κ2) is 16.0. The highest BCUT2D eigenvalue weighted by Gasteiger charge is 2.61. The molecule has 3 N–H and O–H groups in total. The molecule has 1 aliphatic carbocycles. The zero-order valence-corrected chi connectivity index (χ0v) is 32.0. The van der Waals surface area contributed by atoms with Gasteiger partial charge in [-0.15, -0.1) is 0 Å². The Balaban J connectivity index is 1.25.